The molecule has 1 aromatic heterocycles. The fourth-order valence-corrected chi connectivity index (χ4v) is 2.34. The standard InChI is InChI=1S/C20H13F3N4O/c21-20(22,23)15-5-3-14(4-6-15)19(28)27-18-10-9-17(12-25-18)26-16-7-1-13(11-24)2-8-16/h1-10,12,26H,(H,25,27,28). The number of amides is 1. The molecule has 0 saturated heterocycles. The van der Waals surface area contributed by atoms with E-state index in [1.807, 2.05) is 6.07 Å². The smallest absolute Gasteiger partial charge is 0.354 e. The third kappa shape index (κ3) is 4.65. The van der Waals surface area contributed by atoms with Gasteiger partial charge in [-0.2, -0.15) is 18.4 Å². The summed E-state index contributed by atoms with van der Waals surface area (Å²) in [4.78, 5) is 16.2. The summed E-state index contributed by atoms with van der Waals surface area (Å²) in [5.41, 5.74) is 1.25. The summed E-state index contributed by atoms with van der Waals surface area (Å²) < 4.78 is 37.7. The highest BCUT2D eigenvalue weighted by atomic mass is 19.4. The van der Waals surface area contributed by atoms with Gasteiger partial charge in [-0.3, -0.25) is 4.79 Å². The van der Waals surface area contributed by atoms with Crippen molar-refractivity contribution >= 4 is 23.1 Å². The van der Waals surface area contributed by atoms with Gasteiger partial charge >= 0.3 is 6.18 Å². The zero-order valence-electron chi connectivity index (χ0n) is 14.3. The number of hydrogen-bond acceptors (Lipinski definition) is 4. The van der Waals surface area contributed by atoms with Gasteiger partial charge in [0.15, 0.2) is 0 Å². The quantitative estimate of drug-likeness (QED) is 0.668. The van der Waals surface area contributed by atoms with Crippen LogP contribution in [0.5, 0.6) is 0 Å². The molecule has 0 radical (unpaired) electrons. The van der Waals surface area contributed by atoms with E-state index in [9.17, 15) is 18.0 Å². The first-order valence-electron chi connectivity index (χ1n) is 8.07. The molecule has 0 saturated carbocycles. The lowest BCUT2D eigenvalue weighted by Gasteiger charge is -2.09. The first-order valence-corrected chi connectivity index (χ1v) is 8.07. The molecule has 2 N–H and O–H groups in total. The number of hydrogen-bond donors (Lipinski definition) is 2. The second-order valence-electron chi connectivity index (χ2n) is 5.78. The van der Waals surface area contributed by atoms with Crippen molar-refractivity contribution in [1.29, 1.82) is 5.26 Å². The normalized spacial score (nSPS) is 10.8. The summed E-state index contributed by atoms with van der Waals surface area (Å²) in [6, 6.07) is 16.1. The highest BCUT2D eigenvalue weighted by Gasteiger charge is 2.30. The zero-order chi connectivity index (χ0) is 20.1. The third-order valence-corrected chi connectivity index (χ3v) is 3.78. The number of benzene rings is 2. The van der Waals surface area contributed by atoms with Crippen molar-refractivity contribution in [3.8, 4) is 6.07 Å². The van der Waals surface area contributed by atoms with E-state index in [-0.39, 0.29) is 11.4 Å². The fraction of sp³-hybridized carbons (Fsp3) is 0.0500. The number of carbonyl (C=O) groups is 1. The average Bonchev–Trinajstić information content (AvgIpc) is 2.69. The van der Waals surface area contributed by atoms with Crippen LogP contribution in [0.15, 0.2) is 66.9 Å². The Morgan fingerprint density at radius 2 is 1.57 bits per heavy atom. The predicted molar refractivity (Wildman–Crippen MR) is 98.1 cm³/mol. The van der Waals surface area contributed by atoms with Gasteiger partial charge < -0.3 is 10.6 Å². The van der Waals surface area contributed by atoms with Crippen molar-refractivity contribution in [2.75, 3.05) is 10.6 Å². The van der Waals surface area contributed by atoms with Crippen molar-refractivity contribution in [1.82, 2.24) is 4.98 Å². The fourth-order valence-electron chi connectivity index (χ4n) is 2.34. The van der Waals surface area contributed by atoms with Crippen LogP contribution in [-0.4, -0.2) is 10.9 Å². The molecule has 0 aliphatic rings. The Bertz CT molecular complexity index is 1010. The van der Waals surface area contributed by atoms with E-state index < -0.39 is 17.6 Å². The lowest BCUT2D eigenvalue weighted by atomic mass is 10.1. The lowest BCUT2D eigenvalue weighted by molar-refractivity contribution is -0.137. The molecule has 1 heterocycles. The van der Waals surface area contributed by atoms with Crippen LogP contribution < -0.4 is 10.6 Å². The molecule has 1 amide bonds. The Morgan fingerprint density at radius 1 is 0.929 bits per heavy atom. The van der Waals surface area contributed by atoms with Crippen LogP contribution in [0, 0.1) is 11.3 Å². The van der Waals surface area contributed by atoms with Crippen LogP contribution in [0.3, 0.4) is 0 Å². The molecule has 140 valence electrons. The van der Waals surface area contributed by atoms with E-state index in [1.165, 1.54) is 6.20 Å². The molecular formula is C20H13F3N4O. The van der Waals surface area contributed by atoms with Crippen LogP contribution in [0.2, 0.25) is 0 Å². The molecule has 0 unspecified atom stereocenters. The number of nitrogens with zero attached hydrogens (tertiary/aromatic N) is 2. The molecule has 0 bridgehead atoms. The summed E-state index contributed by atoms with van der Waals surface area (Å²) in [6.07, 6.45) is -2.95. The second-order valence-corrected chi connectivity index (χ2v) is 5.78. The van der Waals surface area contributed by atoms with Crippen LogP contribution in [0.4, 0.5) is 30.4 Å². The van der Waals surface area contributed by atoms with Gasteiger partial charge in [-0.15, -0.1) is 0 Å². The highest BCUT2D eigenvalue weighted by molar-refractivity contribution is 6.03. The molecule has 0 aliphatic carbocycles. The molecule has 28 heavy (non-hydrogen) atoms. The van der Waals surface area contributed by atoms with Gasteiger partial charge in [0.25, 0.3) is 5.91 Å². The number of nitrogens with one attached hydrogen (secondary N) is 2. The third-order valence-electron chi connectivity index (χ3n) is 3.78. The first kappa shape index (κ1) is 18.9. The minimum atomic E-state index is -4.45. The Balaban J connectivity index is 1.63. The molecule has 2 aromatic carbocycles. The van der Waals surface area contributed by atoms with Crippen LogP contribution >= 0.6 is 0 Å². The lowest BCUT2D eigenvalue weighted by Crippen LogP contribution is -2.13. The number of alkyl halides is 3. The van der Waals surface area contributed by atoms with Crippen molar-refractivity contribution in [3.63, 3.8) is 0 Å². The number of rotatable bonds is 4. The molecule has 0 spiro atoms. The van der Waals surface area contributed by atoms with Crippen molar-refractivity contribution < 1.29 is 18.0 Å². The van der Waals surface area contributed by atoms with Crippen molar-refractivity contribution in [2.45, 2.75) is 6.18 Å². The Kier molecular flexibility index (Phi) is 5.27. The van der Waals surface area contributed by atoms with Crippen LogP contribution in [-0.2, 0) is 6.18 Å². The predicted octanol–water partition coefficient (Wildman–Crippen LogP) is 4.97. The number of pyridine rings is 1. The molecular weight excluding hydrogens is 369 g/mol. The molecule has 3 aromatic rings. The number of anilines is 3. The Labute approximate surface area is 158 Å². The monoisotopic (exact) mass is 382 g/mol. The Hall–Kier alpha value is -3.86. The largest absolute Gasteiger partial charge is 0.416 e. The van der Waals surface area contributed by atoms with E-state index in [2.05, 4.69) is 15.6 Å². The number of carbonyl (C=O) groups excluding carboxylic acids is 1. The van der Waals surface area contributed by atoms with E-state index in [0.29, 0.717) is 11.3 Å². The van der Waals surface area contributed by atoms with Gasteiger partial charge in [0.1, 0.15) is 5.82 Å². The zero-order valence-corrected chi connectivity index (χ0v) is 14.3. The summed E-state index contributed by atoms with van der Waals surface area (Å²) in [5, 5.41) is 14.4. The van der Waals surface area contributed by atoms with Crippen molar-refractivity contribution in [3.05, 3.63) is 83.6 Å². The van der Waals surface area contributed by atoms with E-state index in [0.717, 1.165) is 30.0 Å². The topological polar surface area (TPSA) is 77.8 Å². The van der Waals surface area contributed by atoms with Gasteiger partial charge in [-0.1, -0.05) is 0 Å². The number of halogens is 3. The van der Waals surface area contributed by atoms with Gasteiger partial charge in [-0.25, -0.2) is 4.98 Å². The second kappa shape index (κ2) is 7.80. The minimum Gasteiger partial charge on any atom is -0.354 e. The van der Waals surface area contributed by atoms with Gasteiger partial charge in [0, 0.05) is 11.3 Å². The Morgan fingerprint density at radius 3 is 2.11 bits per heavy atom. The maximum Gasteiger partial charge on any atom is 0.416 e. The van der Waals surface area contributed by atoms with E-state index in [4.69, 9.17) is 5.26 Å². The van der Waals surface area contributed by atoms with Crippen LogP contribution in [0.25, 0.3) is 0 Å². The molecule has 0 aliphatic heterocycles. The number of nitriles is 1. The molecule has 8 heteroatoms. The average molecular weight is 382 g/mol. The number of aromatic nitrogens is 1. The summed E-state index contributed by atoms with van der Waals surface area (Å²) >= 11 is 0. The SMILES string of the molecule is N#Cc1ccc(Nc2ccc(NC(=O)c3ccc(C(F)(F)F)cc3)nc2)cc1. The van der Waals surface area contributed by atoms with Crippen LogP contribution in [0.1, 0.15) is 21.5 Å². The molecule has 3 rings (SSSR count). The molecule has 0 fully saturated rings. The maximum atomic E-state index is 12.6. The molecule has 0 atom stereocenters. The van der Waals surface area contributed by atoms with Gasteiger partial charge in [0.05, 0.1) is 29.1 Å². The first-order chi connectivity index (χ1) is 13.3. The van der Waals surface area contributed by atoms with E-state index >= 15 is 0 Å². The van der Waals surface area contributed by atoms with Crippen molar-refractivity contribution in [2.24, 2.45) is 0 Å². The molecule has 5 nitrogen and oxygen atoms in total. The maximum absolute atomic E-state index is 12.6. The van der Waals surface area contributed by atoms with Gasteiger partial charge in [-0.05, 0) is 60.7 Å². The summed E-state index contributed by atoms with van der Waals surface area (Å²) in [7, 11) is 0. The summed E-state index contributed by atoms with van der Waals surface area (Å²) in [5.74, 6) is -0.302. The van der Waals surface area contributed by atoms with E-state index in [1.54, 1.807) is 36.4 Å². The highest BCUT2D eigenvalue weighted by Crippen LogP contribution is 2.29. The van der Waals surface area contributed by atoms with Gasteiger partial charge in [0.2, 0.25) is 0 Å². The minimum absolute atomic E-state index is 0.0922. The summed E-state index contributed by atoms with van der Waals surface area (Å²) in [6.45, 7) is 0.